The summed E-state index contributed by atoms with van der Waals surface area (Å²) in [5.74, 6) is -0.833. The Morgan fingerprint density at radius 2 is 1.22 bits per heavy atom. The number of carbonyl (C=O) groups is 1. The Kier molecular flexibility index (Phi) is 7.28. The molecule has 0 atom stereocenters. The number of aliphatic carboxylic acids is 1. The van der Waals surface area contributed by atoms with Crippen molar-refractivity contribution in [2.75, 3.05) is 0 Å². The van der Waals surface area contributed by atoms with Crippen LogP contribution < -0.4 is 0 Å². The molecule has 0 heterocycles. The normalized spacial score (nSPS) is 11.2. The molecule has 5 N–H and O–H groups in total. The molecule has 0 aromatic heterocycles. The number of rotatable bonds is 0. The molecule has 0 unspecified atom stereocenters. The van der Waals surface area contributed by atoms with Crippen molar-refractivity contribution < 1.29 is 49.2 Å². The Balaban J connectivity index is 0. The molecule has 9 heavy (non-hydrogen) atoms. The fraction of sp³-hybridized carbons (Fsp3) is 0.500. The van der Waals surface area contributed by atoms with E-state index in [-0.39, 0.29) is 0 Å². The predicted octanol–water partition coefficient (Wildman–Crippen LogP) is -2.14. The van der Waals surface area contributed by atoms with Crippen molar-refractivity contribution >= 4 is 5.97 Å². The molecule has 64 valence electrons. The van der Waals surface area contributed by atoms with Crippen LogP contribution in [0.3, 0.4) is 0 Å². The first-order valence-corrected chi connectivity index (χ1v) is 4.76. The average molecular weight is 295 g/mol. The van der Waals surface area contributed by atoms with Crippen molar-refractivity contribution in [3.63, 3.8) is 0 Å². The molecule has 6 nitrogen and oxygen atoms in total. The quantitative estimate of drug-likeness (QED) is 0.348. The summed E-state index contributed by atoms with van der Waals surface area (Å²) in [6.45, 7) is 1.08. The van der Waals surface area contributed by atoms with Gasteiger partial charge in [0.15, 0.2) is 0 Å². The first-order valence-electron chi connectivity index (χ1n) is 1.44. The Bertz CT molecular complexity index is 73.5. The van der Waals surface area contributed by atoms with E-state index in [2.05, 4.69) is 0 Å². The number of carboxylic acid groups (broad SMARTS) is 1. The van der Waals surface area contributed by atoms with Gasteiger partial charge in [-0.1, -0.05) is 0 Å². The summed E-state index contributed by atoms with van der Waals surface area (Å²) >= 11 is -4.83. The van der Waals surface area contributed by atoms with Gasteiger partial charge in [-0.15, -0.1) is 0 Å². The summed E-state index contributed by atoms with van der Waals surface area (Å²) in [7, 11) is 0. The SMILES string of the molecule is CC(=O)O.[OH][Er]([OH])([OH])[OH]. The van der Waals surface area contributed by atoms with Crippen molar-refractivity contribution in [3.8, 4) is 0 Å². The molecule has 0 spiro atoms. The predicted molar refractivity (Wildman–Crippen MR) is 22.2 cm³/mol. The Labute approximate surface area is 61.7 Å². The molecule has 0 aromatic rings. The van der Waals surface area contributed by atoms with Gasteiger partial charge in [0.25, 0.3) is 5.97 Å². The second-order valence-corrected chi connectivity index (χ2v) is 3.09. The molecule has 0 bridgehead atoms. The standard InChI is InChI=1S/C2H4O2.Er.4H2O/c1-2(3)4;;;;;/h1H3,(H,3,4);;4*1H2/q;+4;;;;/p-4. The van der Waals surface area contributed by atoms with Gasteiger partial charge in [-0.3, -0.25) is 4.79 Å². The van der Waals surface area contributed by atoms with Crippen LogP contribution in [0.15, 0.2) is 0 Å². The molecule has 0 rings (SSSR count). The van der Waals surface area contributed by atoms with Crippen LogP contribution in [0.2, 0.25) is 0 Å². The van der Waals surface area contributed by atoms with E-state index >= 15 is 0 Å². The summed E-state index contributed by atoms with van der Waals surface area (Å²) in [5.41, 5.74) is 0. The summed E-state index contributed by atoms with van der Waals surface area (Å²) in [4.78, 5) is 9.00. The summed E-state index contributed by atoms with van der Waals surface area (Å²) in [6.07, 6.45) is 0. The summed E-state index contributed by atoms with van der Waals surface area (Å²) < 4.78 is 29.4. The van der Waals surface area contributed by atoms with Crippen molar-refractivity contribution in [3.05, 3.63) is 0 Å². The summed E-state index contributed by atoms with van der Waals surface area (Å²) in [5, 5.41) is 7.42. The van der Waals surface area contributed by atoms with Crippen LogP contribution in [0.1, 0.15) is 6.92 Å². The van der Waals surface area contributed by atoms with Crippen molar-refractivity contribution in [2.45, 2.75) is 6.92 Å². The van der Waals surface area contributed by atoms with Crippen LogP contribution in [0.5, 0.6) is 0 Å². The van der Waals surface area contributed by atoms with E-state index in [1.807, 2.05) is 0 Å². The second-order valence-electron chi connectivity index (χ2n) is 0.865. The van der Waals surface area contributed by atoms with E-state index in [9.17, 15) is 0 Å². The van der Waals surface area contributed by atoms with Crippen molar-refractivity contribution in [2.24, 2.45) is 0 Å². The van der Waals surface area contributed by atoms with Crippen LogP contribution in [0.25, 0.3) is 0 Å². The van der Waals surface area contributed by atoms with E-state index < -0.39 is 37.8 Å². The van der Waals surface area contributed by atoms with E-state index in [4.69, 9.17) is 17.4 Å². The second kappa shape index (κ2) is 5.35. The molecule has 0 fully saturated rings. The van der Waals surface area contributed by atoms with Gasteiger partial charge in [0.1, 0.15) is 0 Å². The van der Waals surface area contributed by atoms with Gasteiger partial charge in [0.2, 0.25) is 0 Å². The number of hydrogen-bond donors (Lipinski definition) is 5. The van der Waals surface area contributed by atoms with Gasteiger partial charge >= 0.3 is 39.3 Å². The molecule has 0 radical (unpaired) electrons. The molecular formula is C2H8ErO6. The van der Waals surface area contributed by atoms with Gasteiger partial charge in [0.05, 0.1) is 0 Å². The van der Waals surface area contributed by atoms with E-state index in [1.54, 1.807) is 0 Å². The van der Waals surface area contributed by atoms with Crippen molar-refractivity contribution in [1.29, 1.82) is 0 Å². The van der Waals surface area contributed by atoms with E-state index in [1.165, 1.54) is 0 Å². The molecule has 0 aliphatic carbocycles. The molecule has 0 aromatic carbocycles. The third-order valence-corrected chi connectivity index (χ3v) is 0. The third-order valence-electron chi connectivity index (χ3n) is 0. The van der Waals surface area contributed by atoms with E-state index in [0.29, 0.717) is 0 Å². The van der Waals surface area contributed by atoms with Gasteiger partial charge in [-0.25, -0.2) is 0 Å². The van der Waals surface area contributed by atoms with Gasteiger partial charge in [-0.05, 0) is 0 Å². The van der Waals surface area contributed by atoms with Gasteiger partial charge in [0, 0.05) is 6.92 Å². The van der Waals surface area contributed by atoms with Gasteiger partial charge < -0.3 is 5.11 Å². The maximum atomic E-state index is 9.00. The van der Waals surface area contributed by atoms with Crippen LogP contribution in [0.4, 0.5) is 0 Å². The molecule has 7 heteroatoms. The first-order chi connectivity index (χ1) is 3.73. The van der Waals surface area contributed by atoms with Crippen LogP contribution in [-0.4, -0.2) is 18.5 Å². The van der Waals surface area contributed by atoms with Crippen LogP contribution in [-0.2, 0) is 4.79 Å². The maximum absolute atomic E-state index is 9.00. The van der Waals surface area contributed by atoms with Crippen LogP contribution >= 0.6 is 0 Å². The minimum absolute atomic E-state index is 0.833. The third kappa shape index (κ3) is 1190. The van der Waals surface area contributed by atoms with Gasteiger partial charge in [-0.2, -0.15) is 0 Å². The molecule has 0 aliphatic heterocycles. The van der Waals surface area contributed by atoms with Crippen molar-refractivity contribution in [1.82, 2.24) is 0 Å². The minimum atomic E-state index is -4.83. The molecule has 0 saturated heterocycles. The zero-order chi connectivity index (χ0) is 8.08. The average Bonchev–Trinajstić information content (AvgIpc) is 1.19. The number of hydrogen-bond acceptors (Lipinski definition) is 5. The monoisotopic (exact) mass is 294 g/mol. The van der Waals surface area contributed by atoms with Crippen LogP contribution in [0, 0.1) is 31.8 Å². The fourth-order valence-electron chi connectivity index (χ4n) is 0. The zero-order valence-electron chi connectivity index (χ0n) is 4.43. The molecule has 0 amide bonds. The first kappa shape index (κ1) is 12.3. The fourth-order valence-corrected chi connectivity index (χ4v) is 0. The Morgan fingerprint density at radius 1 is 1.22 bits per heavy atom. The number of carboxylic acids is 1. The topological polar surface area (TPSA) is 118 Å². The summed E-state index contributed by atoms with van der Waals surface area (Å²) in [6, 6.07) is 0. The Morgan fingerprint density at radius 3 is 1.22 bits per heavy atom. The Hall–Kier alpha value is 0.557. The molecule has 0 saturated carbocycles. The molecular weight excluding hydrogens is 287 g/mol. The molecule has 0 aliphatic rings. The zero-order valence-corrected chi connectivity index (χ0v) is 6.29. The van der Waals surface area contributed by atoms with E-state index in [0.717, 1.165) is 6.92 Å².